The Kier molecular flexibility index (Phi) is 4.45. The maximum Gasteiger partial charge on any atom is 0.128 e. The zero-order valence-electron chi connectivity index (χ0n) is 9.29. The van der Waals surface area contributed by atoms with E-state index in [1.54, 1.807) is 0 Å². The molecule has 1 unspecified atom stereocenters. The van der Waals surface area contributed by atoms with Gasteiger partial charge >= 0.3 is 0 Å². The van der Waals surface area contributed by atoms with Crippen molar-refractivity contribution in [3.05, 3.63) is 56.2 Å². The second-order valence-corrected chi connectivity index (χ2v) is 5.64. The van der Waals surface area contributed by atoms with E-state index in [2.05, 4.69) is 21.4 Å². The fourth-order valence-corrected chi connectivity index (χ4v) is 3.26. The summed E-state index contributed by atoms with van der Waals surface area (Å²) in [5, 5.41) is 1.93. The maximum absolute atomic E-state index is 13.7. The van der Waals surface area contributed by atoms with Crippen LogP contribution in [0.15, 0.2) is 34.1 Å². The molecule has 1 aromatic carbocycles. The van der Waals surface area contributed by atoms with E-state index in [9.17, 15) is 8.78 Å². The minimum atomic E-state index is -0.475. The van der Waals surface area contributed by atoms with Gasteiger partial charge in [-0.3, -0.25) is 11.3 Å². The first-order valence-electron chi connectivity index (χ1n) is 5.24. The molecule has 1 heterocycles. The predicted octanol–water partition coefficient (Wildman–Crippen LogP) is 3.54. The quantitative estimate of drug-likeness (QED) is 0.663. The Morgan fingerprint density at radius 3 is 2.72 bits per heavy atom. The first-order valence-corrected chi connectivity index (χ1v) is 6.92. The smallest absolute Gasteiger partial charge is 0.128 e. The van der Waals surface area contributed by atoms with Crippen molar-refractivity contribution in [2.45, 2.75) is 12.5 Å². The number of rotatable bonds is 4. The van der Waals surface area contributed by atoms with Gasteiger partial charge in [0.15, 0.2) is 0 Å². The summed E-state index contributed by atoms with van der Waals surface area (Å²) in [5.74, 6) is 4.50. The van der Waals surface area contributed by atoms with Crippen LogP contribution in [0.3, 0.4) is 0 Å². The molecule has 0 fully saturated rings. The molecule has 1 aromatic heterocycles. The Labute approximate surface area is 116 Å². The van der Waals surface area contributed by atoms with Crippen molar-refractivity contribution in [2.24, 2.45) is 5.84 Å². The lowest BCUT2D eigenvalue weighted by Crippen LogP contribution is -2.30. The van der Waals surface area contributed by atoms with E-state index in [1.807, 2.05) is 11.4 Å². The molecule has 3 N–H and O–H groups in total. The molecule has 0 bridgehead atoms. The van der Waals surface area contributed by atoms with Gasteiger partial charge in [-0.25, -0.2) is 8.78 Å². The van der Waals surface area contributed by atoms with Crippen LogP contribution in [0.25, 0.3) is 0 Å². The average molecular weight is 333 g/mol. The zero-order chi connectivity index (χ0) is 13.1. The van der Waals surface area contributed by atoms with Crippen LogP contribution in [0.4, 0.5) is 8.78 Å². The summed E-state index contributed by atoms with van der Waals surface area (Å²) in [4.78, 5) is 1.03. The van der Waals surface area contributed by atoms with Gasteiger partial charge in [0.1, 0.15) is 11.6 Å². The predicted molar refractivity (Wildman–Crippen MR) is 72.1 cm³/mol. The standard InChI is InChI=1S/C12H11BrF2N2S/c13-9-3-4-18-12(9)6-11(17-16)8-5-7(14)1-2-10(8)15/h1-5,11,17H,6,16H2. The first-order chi connectivity index (χ1) is 8.61. The summed E-state index contributed by atoms with van der Waals surface area (Å²) in [7, 11) is 0. The number of nitrogens with two attached hydrogens (primary N) is 1. The van der Waals surface area contributed by atoms with Crippen molar-refractivity contribution in [1.82, 2.24) is 5.43 Å². The molecule has 0 saturated heterocycles. The van der Waals surface area contributed by atoms with Gasteiger partial charge in [-0.15, -0.1) is 11.3 Å². The highest BCUT2D eigenvalue weighted by molar-refractivity contribution is 9.10. The number of thiophene rings is 1. The van der Waals surface area contributed by atoms with Gasteiger partial charge in [0, 0.05) is 21.3 Å². The van der Waals surface area contributed by atoms with E-state index in [-0.39, 0.29) is 5.56 Å². The van der Waals surface area contributed by atoms with Crippen molar-refractivity contribution >= 4 is 27.3 Å². The Morgan fingerprint density at radius 2 is 2.11 bits per heavy atom. The minimum absolute atomic E-state index is 0.234. The molecule has 96 valence electrons. The lowest BCUT2D eigenvalue weighted by Gasteiger charge is -2.16. The van der Waals surface area contributed by atoms with E-state index in [0.717, 1.165) is 21.5 Å². The van der Waals surface area contributed by atoms with Gasteiger partial charge in [-0.05, 0) is 45.6 Å². The van der Waals surface area contributed by atoms with Crippen molar-refractivity contribution < 1.29 is 8.78 Å². The molecule has 0 aliphatic heterocycles. The summed E-state index contributed by atoms with van der Waals surface area (Å²) in [6.07, 6.45) is 0.495. The highest BCUT2D eigenvalue weighted by Gasteiger charge is 2.17. The number of hydrogen-bond acceptors (Lipinski definition) is 3. The van der Waals surface area contributed by atoms with Gasteiger partial charge in [0.05, 0.1) is 6.04 Å². The van der Waals surface area contributed by atoms with E-state index >= 15 is 0 Å². The van der Waals surface area contributed by atoms with Gasteiger partial charge in [0.2, 0.25) is 0 Å². The SMILES string of the molecule is NNC(Cc1sccc1Br)c1cc(F)ccc1F. The average Bonchev–Trinajstić information content (AvgIpc) is 2.75. The van der Waals surface area contributed by atoms with Crippen LogP contribution in [0.2, 0.25) is 0 Å². The summed E-state index contributed by atoms with van der Waals surface area (Å²) < 4.78 is 27.8. The van der Waals surface area contributed by atoms with Crippen LogP contribution in [0.1, 0.15) is 16.5 Å². The van der Waals surface area contributed by atoms with Crippen molar-refractivity contribution in [2.75, 3.05) is 0 Å². The van der Waals surface area contributed by atoms with Gasteiger partial charge in [-0.1, -0.05) is 0 Å². The fraction of sp³-hybridized carbons (Fsp3) is 0.167. The van der Waals surface area contributed by atoms with Crippen LogP contribution in [-0.2, 0) is 6.42 Å². The molecule has 18 heavy (non-hydrogen) atoms. The van der Waals surface area contributed by atoms with Crippen LogP contribution < -0.4 is 11.3 Å². The Morgan fingerprint density at radius 1 is 1.33 bits per heavy atom. The molecule has 0 aliphatic carbocycles. The Hall–Kier alpha value is -0.820. The third kappa shape index (κ3) is 2.95. The third-order valence-corrected chi connectivity index (χ3v) is 4.56. The van der Waals surface area contributed by atoms with Crippen LogP contribution in [-0.4, -0.2) is 0 Å². The van der Waals surface area contributed by atoms with Crippen molar-refractivity contribution in [3.63, 3.8) is 0 Å². The van der Waals surface area contributed by atoms with Crippen molar-refractivity contribution in [1.29, 1.82) is 0 Å². The monoisotopic (exact) mass is 332 g/mol. The molecular formula is C12H11BrF2N2S. The number of nitrogens with one attached hydrogen (secondary N) is 1. The second kappa shape index (κ2) is 5.88. The molecule has 0 aliphatic rings. The van der Waals surface area contributed by atoms with Crippen LogP contribution in [0, 0.1) is 11.6 Å². The molecule has 0 radical (unpaired) electrons. The number of benzene rings is 1. The number of halogens is 3. The molecule has 0 saturated carbocycles. The maximum atomic E-state index is 13.7. The van der Waals surface area contributed by atoms with Crippen LogP contribution in [0.5, 0.6) is 0 Å². The van der Waals surface area contributed by atoms with E-state index in [1.165, 1.54) is 17.4 Å². The van der Waals surface area contributed by atoms with Gasteiger partial charge < -0.3 is 0 Å². The first kappa shape index (κ1) is 13.6. The summed E-state index contributed by atoms with van der Waals surface area (Å²) >= 11 is 4.94. The van der Waals surface area contributed by atoms with Gasteiger partial charge in [0.25, 0.3) is 0 Å². The van der Waals surface area contributed by atoms with Gasteiger partial charge in [-0.2, -0.15) is 0 Å². The Balaban J connectivity index is 2.28. The van der Waals surface area contributed by atoms with Crippen molar-refractivity contribution in [3.8, 4) is 0 Å². The fourth-order valence-electron chi connectivity index (χ4n) is 1.70. The van der Waals surface area contributed by atoms with Crippen LogP contribution >= 0.6 is 27.3 Å². The lowest BCUT2D eigenvalue weighted by molar-refractivity contribution is 0.504. The van der Waals surface area contributed by atoms with E-state index in [4.69, 9.17) is 5.84 Å². The molecule has 0 amide bonds. The summed E-state index contributed by atoms with van der Waals surface area (Å²) in [6, 6.07) is 4.82. The van der Waals surface area contributed by atoms with E-state index < -0.39 is 17.7 Å². The highest BCUT2D eigenvalue weighted by Crippen LogP contribution is 2.29. The molecule has 6 heteroatoms. The third-order valence-electron chi connectivity index (χ3n) is 2.62. The Bertz CT molecular complexity index is 545. The molecule has 1 atom stereocenters. The molecule has 0 spiro atoms. The topological polar surface area (TPSA) is 38.0 Å². The highest BCUT2D eigenvalue weighted by atomic mass is 79.9. The molecule has 2 aromatic rings. The zero-order valence-corrected chi connectivity index (χ0v) is 11.7. The lowest BCUT2D eigenvalue weighted by atomic mass is 10.0. The van der Waals surface area contributed by atoms with E-state index in [0.29, 0.717) is 6.42 Å². The second-order valence-electron chi connectivity index (χ2n) is 3.78. The summed E-state index contributed by atoms with van der Waals surface area (Å²) in [5.41, 5.74) is 2.77. The summed E-state index contributed by atoms with van der Waals surface area (Å²) in [6.45, 7) is 0. The largest absolute Gasteiger partial charge is 0.271 e. The number of hydrazine groups is 1. The molecule has 2 rings (SSSR count). The molecular weight excluding hydrogens is 322 g/mol. The normalized spacial score (nSPS) is 12.7. The molecule has 2 nitrogen and oxygen atoms in total. The number of hydrogen-bond donors (Lipinski definition) is 2. The minimum Gasteiger partial charge on any atom is -0.271 e.